The van der Waals surface area contributed by atoms with Gasteiger partial charge in [0.1, 0.15) is 5.75 Å². The highest BCUT2D eigenvalue weighted by atomic mass is 32.1. The third kappa shape index (κ3) is 8.58. The number of hydrogen-bond acceptors (Lipinski definition) is 3. The Morgan fingerprint density at radius 3 is 1.48 bits per heavy atom. The fourth-order valence-electron chi connectivity index (χ4n) is 12.1. The molecule has 0 amide bonds. The van der Waals surface area contributed by atoms with Crippen molar-refractivity contribution >= 4 is 28.4 Å². The van der Waals surface area contributed by atoms with Gasteiger partial charge in [0.2, 0.25) is 0 Å². The van der Waals surface area contributed by atoms with Gasteiger partial charge >= 0.3 is 6.36 Å². The van der Waals surface area contributed by atoms with Gasteiger partial charge in [0.15, 0.2) is 0 Å². The summed E-state index contributed by atoms with van der Waals surface area (Å²) in [5, 5.41) is 0. The molecule has 0 saturated heterocycles. The maximum Gasteiger partial charge on any atom is 0.573 e. The van der Waals surface area contributed by atoms with Gasteiger partial charge in [-0.05, 0) is 143 Å². The van der Waals surface area contributed by atoms with E-state index in [1.54, 1.807) is 12.1 Å². The molecule has 0 saturated carbocycles. The van der Waals surface area contributed by atoms with Crippen LogP contribution in [0.1, 0.15) is 99.9 Å². The van der Waals surface area contributed by atoms with Crippen molar-refractivity contribution in [2.45, 2.75) is 83.4 Å². The van der Waals surface area contributed by atoms with Gasteiger partial charge in [0.05, 0.1) is 5.41 Å². The molecule has 0 spiro atoms. The van der Waals surface area contributed by atoms with E-state index < -0.39 is 11.8 Å². The zero-order valence-electron chi connectivity index (χ0n) is 44.7. The first-order valence-electron chi connectivity index (χ1n) is 26.5. The Bertz CT molecular complexity index is 3800. The molecule has 77 heavy (non-hydrogen) atoms. The summed E-state index contributed by atoms with van der Waals surface area (Å²) >= 11 is 1.90. The third-order valence-electron chi connectivity index (χ3n) is 16.0. The van der Waals surface area contributed by atoms with Crippen molar-refractivity contribution in [2.24, 2.45) is 0 Å². The maximum atomic E-state index is 13.1. The van der Waals surface area contributed by atoms with Crippen LogP contribution >= 0.6 is 11.3 Å². The molecule has 0 N–H and O–H groups in total. The molecule has 0 radical (unpaired) electrons. The molecule has 0 unspecified atom stereocenters. The first-order chi connectivity index (χ1) is 36.8. The van der Waals surface area contributed by atoms with Crippen LogP contribution in [0, 0.1) is 0 Å². The van der Waals surface area contributed by atoms with Crippen LogP contribution in [0.4, 0.5) is 30.2 Å². The second-order valence-electron chi connectivity index (χ2n) is 23.2. The lowest BCUT2D eigenvalue weighted by atomic mass is 9.65. The number of rotatable bonds is 9. The molecule has 0 atom stereocenters. The molecule has 0 aliphatic heterocycles. The van der Waals surface area contributed by atoms with Crippen molar-refractivity contribution in [1.29, 1.82) is 0 Å². The normalized spacial score (nSPS) is 14.1. The van der Waals surface area contributed by atoms with Crippen LogP contribution in [0.5, 0.6) is 5.75 Å². The van der Waals surface area contributed by atoms with Crippen molar-refractivity contribution in [2.75, 3.05) is 4.90 Å². The Morgan fingerprint density at radius 2 is 0.909 bits per heavy atom. The van der Waals surface area contributed by atoms with Gasteiger partial charge in [-0.15, -0.1) is 24.5 Å². The van der Waals surface area contributed by atoms with Gasteiger partial charge in [-0.2, -0.15) is 0 Å². The monoisotopic (exact) mass is 1030 g/mol. The second-order valence-corrected chi connectivity index (χ2v) is 24.3. The molecule has 1 aromatic heterocycles. The minimum Gasteiger partial charge on any atom is -0.406 e. The largest absolute Gasteiger partial charge is 0.573 e. The Kier molecular flexibility index (Phi) is 11.9. The van der Waals surface area contributed by atoms with Crippen LogP contribution in [0.15, 0.2) is 218 Å². The van der Waals surface area contributed by atoms with E-state index in [-0.39, 0.29) is 22.0 Å². The highest BCUT2D eigenvalue weighted by Gasteiger charge is 2.50. The molecule has 382 valence electrons. The molecule has 0 fully saturated rings. The Labute approximate surface area is 455 Å². The van der Waals surface area contributed by atoms with Crippen molar-refractivity contribution in [3.05, 3.63) is 263 Å². The molecule has 2 nitrogen and oxygen atoms in total. The van der Waals surface area contributed by atoms with E-state index in [0.29, 0.717) is 0 Å². The first-order valence-corrected chi connectivity index (χ1v) is 27.3. The molecule has 6 heteroatoms. The van der Waals surface area contributed by atoms with Crippen LogP contribution < -0.4 is 9.64 Å². The number of halogens is 3. The molecule has 2 aliphatic carbocycles. The standard InChI is InChI=1S/C71H60F3NOS/c1-67(2,3)49-20-16-22-51(42-49)70(52-23-17-21-50(43-52)68(4,5)6)61-27-15-13-25-59(61)66-64(70)63(65(77-66)48-18-10-9-11-19-48)47-30-36-54(37-31-47)75(55-38-41-58-57-24-12-14-26-60(57)69(7,8)62(58)44-55)53-34-28-45(29-35-53)46-32-39-56(40-33-46)76-71(72,73)74/h9-44H,1-8H3. The zero-order valence-corrected chi connectivity index (χ0v) is 45.5. The average molecular weight is 1030 g/mol. The number of ether oxygens (including phenoxy) is 1. The Balaban J connectivity index is 1.06. The lowest BCUT2D eigenvalue weighted by Gasteiger charge is -2.36. The topological polar surface area (TPSA) is 12.5 Å². The van der Waals surface area contributed by atoms with Crippen LogP contribution in [-0.4, -0.2) is 6.36 Å². The number of thiophene rings is 1. The predicted octanol–water partition coefficient (Wildman–Crippen LogP) is 20.4. The number of benzene rings is 9. The van der Waals surface area contributed by atoms with E-state index >= 15 is 0 Å². The van der Waals surface area contributed by atoms with Crippen LogP contribution in [0.2, 0.25) is 0 Å². The molecular formula is C71H60F3NOS. The van der Waals surface area contributed by atoms with E-state index in [4.69, 9.17) is 0 Å². The van der Waals surface area contributed by atoms with Gasteiger partial charge in [-0.25, -0.2) is 0 Å². The van der Waals surface area contributed by atoms with Gasteiger partial charge in [0.25, 0.3) is 0 Å². The third-order valence-corrected chi connectivity index (χ3v) is 17.3. The van der Waals surface area contributed by atoms with Crippen LogP contribution in [0.25, 0.3) is 54.3 Å². The minimum absolute atomic E-state index is 0.0840. The molecule has 0 bridgehead atoms. The van der Waals surface area contributed by atoms with Crippen molar-refractivity contribution in [3.63, 3.8) is 0 Å². The molecular weight excluding hydrogens is 972 g/mol. The lowest BCUT2D eigenvalue weighted by molar-refractivity contribution is -0.274. The molecule has 1 heterocycles. The van der Waals surface area contributed by atoms with Crippen molar-refractivity contribution < 1.29 is 17.9 Å². The van der Waals surface area contributed by atoms with E-state index in [2.05, 4.69) is 247 Å². The fourth-order valence-corrected chi connectivity index (χ4v) is 13.5. The smallest absolute Gasteiger partial charge is 0.406 e. The molecule has 12 rings (SSSR count). The number of fused-ring (bicyclic) bond motifs is 6. The van der Waals surface area contributed by atoms with Crippen molar-refractivity contribution in [3.8, 4) is 60.0 Å². The summed E-state index contributed by atoms with van der Waals surface area (Å²) in [6.07, 6.45) is -4.76. The number of hydrogen-bond donors (Lipinski definition) is 0. The molecule has 9 aromatic carbocycles. The lowest BCUT2D eigenvalue weighted by Crippen LogP contribution is -2.30. The summed E-state index contributed by atoms with van der Waals surface area (Å²) in [7, 11) is 0. The van der Waals surface area contributed by atoms with Gasteiger partial charge < -0.3 is 9.64 Å². The van der Waals surface area contributed by atoms with Crippen LogP contribution in [0.3, 0.4) is 0 Å². The maximum absolute atomic E-state index is 13.1. The molecule has 2 aliphatic rings. The van der Waals surface area contributed by atoms with E-state index in [1.807, 2.05) is 23.5 Å². The number of alkyl halides is 3. The Hall–Kier alpha value is -7.93. The van der Waals surface area contributed by atoms with Gasteiger partial charge in [-0.1, -0.05) is 225 Å². The predicted molar refractivity (Wildman–Crippen MR) is 314 cm³/mol. The number of nitrogens with zero attached hydrogens (tertiary/aromatic N) is 1. The molecule has 10 aromatic rings. The average Bonchev–Trinajstić information content (AvgIpc) is 4.24. The first kappa shape index (κ1) is 49.9. The summed E-state index contributed by atoms with van der Waals surface area (Å²) in [5.41, 5.74) is 21.1. The van der Waals surface area contributed by atoms with E-state index in [0.717, 1.165) is 33.8 Å². The Morgan fingerprint density at radius 1 is 0.416 bits per heavy atom. The van der Waals surface area contributed by atoms with Crippen LogP contribution in [-0.2, 0) is 21.7 Å². The fraction of sp³-hybridized carbons (Fsp3) is 0.183. The van der Waals surface area contributed by atoms with Gasteiger partial charge in [0, 0.05) is 37.8 Å². The summed E-state index contributed by atoms with van der Waals surface area (Å²) in [6, 6.07) is 77.7. The second kappa shape index (κ2) is 18.4. The summed E-state index contributed by atoms with van der Waals surface area (Å²) in [4.78, 5) is 4.83. The highest BCUT2D eigenvalue weighted by Crippen LogP contribution is 2.64. The zero-order chi connectivity index (χ0) is 53.6. The SMILES string of the molecule is CC(C)(C)c1cccc(C2(c3cccc(C(C)(C)C)c3)c3ccccc3-c3sc(-c4ccccc4)c(-c4ccc(N(c5ccc(-c6ccc(OC(F)(F)F)cc6)cc5)c5ccc6c(c5)C(C)(C)c5ccccc5-6)cc4)c32)c1. The summed E-state index contributed by atoms with van der Waals surface area (Å²) in [5.74, 6) is -0.253. The van der Waals surface area contributed by atoms with Gasteiger partial charge in [-0.3, -0.25) is 0 Å². The highest BCUT2D eigenvalue weighted by molar-refractivity contribution is 7.20. The quantitative estimate of drug-likeness (QED) is 0.143. The summed E-state index contributed by atoms with van der Waals surface area (Å²) < 4.78 is 43.4. The minimum atomic E-state index is -4.76. The summed E-state index contributed by atoms with van der Waals surface area (Å²) in [6.45, 7) is 18.4. The van der Waals surface area contributed by atoms with Crippen molar-refractivity contribution in [1.82, 2.24) is 0 Å². The van der Waals surface area contributed by atoms with E-state index in [1.165, 1.54) is 94.2 Å². The van der Waals surface area contributed by atoms with E-state index in [9.17, 15) is 13.2 Å². The number of anilines is 3.